The molecule has 0 radical (unpaired) electrons. The number of carbonyl (C=O) groups excluding carboxylic acids is 1. The van der Waals surface area contributed by atoms with Crippen molar-refractivity contribution in [2.45, 2.75) is 18.9 Å². The van der Waals surface area contributed by atoms with Gasteiger partial charge in [-0.2, -0.15) is 0 Å². The topological polar surface area (TPSA) is 106 Å². The van der Waals surface area contributed by atoms with Gasteiger partial charge in [-0.3, -0.25) is 0 Å². The van der Waals surface area contributed by atoms with Gasteiger partial charge < -0.3 is 30.4 Å². The first-order valence-corrected chi connectivity index (χ1v) is 6.61. The highest BCUT2D eigenvalue weighted by Crippen LogP contribution is 2.30. The van der Waals surface area contributed by atoms with Crippen molar-refractivity contribution in [2.24, 2.45) is 17.4 Å². The maximum atomic E-state index is 10.5. The molecule has 1 fully saturated rings. The molecule has 1 rings (SSSR count). The van der Waals surface area contributed by atoms with Crippen LogP contribution in [0, 0.1) is 5.92 Å². The van der Waals surface area contributed by atoms with E-state index >= 15 is 0 Å². The first-order chi connectivity index (χ1) is 9.22. The number of carbonyl (C=O) groups is 1. The van der Waals surface area contributed by atoms with E-state index in [2.05, 4.69) is 0 Å². The summed E-state index contributed by atoms with van der Waals surface area (Å²) < 4.78 is 20.8. The molecule has 1 aliphatic rings. The maximum absolute atomic E-state index is 10.5. The van der Waals surface area contributed by atoms with Crippen LogP contribution in [0.15, 0.2) is 0 Å². The molecule has 0 heterocycles. The van der Waals surface area contributed by atoms with Gasteiger partial charge in [0, 0.05) is 13.2 Å². The Morgan fingerprint density at radius 2 is 1.58 bits per heavy atom. The van der Waals surface area contributed by atoms with Crippen LogP contribution in [0.25, 0.3) is 0 Å². The van der Waals surface area contributed by atoms with Gasteiger partial charge in [-0.1, -0.05) is 0 Å². The molecule has 7 nitrogen and oxygen atoms in total. The molecule has 0 saturated heterocycles. The maximum Gasteiger partial charge on any atom is 0.404 e. The standard InChI is InChI=1S/C12H24N2O5/c13-1-2-16-3-4-17-5-6-18-9-10-7-11(8-10)19-12(14)15/h10-11H,1-9,13H2,(H2,14,15). The highest BCUT2D eigenvalue weighted by Gasteiger charge is 2.31. The molecular weight excluding hydrogens is 252 g/mol. The van der Waals surface area contributed by atoms with Crippen molar-refractivity contribution >= 4 is 6.09 Å². The molecule has 0 aliphatic heterocycles. The van der Waals surface area contributed by atoms with Crippen molar-refractivity contribution in [3.8, 4) is 0 Å². The number of amides is 1. The van der Waals surface area contributed by atoms with Crippen molar-refractivity contribution in [3.05, 3.63) is 0 Å². The zero-order chi connectivity index (χ0) is 13.9. The first-order valence-electron chi connectivity index (χ1n) is 6.61. The van der Waals surface area contributed by atoms with E-state index in [1.54, 1.807) is 0 Å². The number of rotatable bonds is 11. The van der Waals surface area contributed by atoms with Crippen LogP contribution in [0.4, 0.5) is 4.79 Å². The van der Waals surface area contributed by atoms with Crippen LogP contribution in [0.1, 0.15) is 12.8 Å². The van der Waals surface area contributed by atoms with Gasteiger partial charge in [0.25, 0.3) is 0 Å². The molecule has 1 aliphatic carbocycles. The lowest BCUT2D eigenvalue weighted by molar-refractivity contribution is -0.0337. The molecule has 1 amide bonds. The number of hydrogen-bond acceptors (Lipinski definition) is 6. The third kappa shape index (κ3) is 7.99. The summed E-state index contributed by atoms with van der Waals surface area (Å²) in [6.45, 7) is 4.01. The van der Waals surface area contributed by atoms with E-state index in [0.717, 1.165) is 12.8 Å². The Bertz CT molecular complexity index is 246. The SMILES string of the molecule is NCCOCCOCCOCC1CC(OC(N)=O)C1. The van der Waals surface area contributed by atoms with Gasteiger partial charge in [0.1, 0.15) is 6.10 Å². The second kappa shape index (κ2) is 9.96. The smallest absolute Gasteiger partial charge is 0.404 e. The van der Waals surface area contributed by atoms with Crippen LogP contribution in [0.3, 0.4) is 0 Å². The third-order valence-electron chi connectivity index (χ3n) is 2.84. The highest BCUT2D eigenvalue weighted by atomic mass is 16.6. The fourth-order valence-electron chi connectivity index (χ4n) is 1.84. The summed E-state index contributed by atoms with van der Waals surface area (Å²) in [5.74, 6) is 0.456. The van der Waals surface area contributed by atoms with Gasteiger partial charge in [0.05, 0.1) is 33.0 Å². The fraction of sp³-hybridized carbons (Fsp3) is 0.917. The van der Waals surface area contributed by atoms with Crippen molar-refractivity contribution in [2.75, 3.05) is 46.2 Å². The Hall–Kier alpha value is -0.890. The molecule has 7 heteroatoms. The molecule has 0 aromatic rings. The largest absolute Gasteiger partial charge is 0.446 e. The molecule has 0 bridgehead atoms. The van der Waals surface area contributed by atoms with Crippen molar-refractivity contribution in [1.82, 2.24) is 0 Å². The van der Waals surface area contributed by atoms with Crippen LogP contribution in [-0.4, -0.2) is 58.4 Å². The fourth-order valence-corrected chi connectivity index (χ4v) is 1.84. The summed E-state index contributed by atoms with van der Waals surface area (Å²) in [6, 6.07) is 0. The first kappa shape index (κ1) is 16.2. The molecule has 112 valence electrons. The van der Waals surface area contributed by atoms with Crippen molar-refractivity contribution < 1.29 is 23.7 Å². The average Bonchev–Trinajstić information content (AvgIpc) is 2.32. The van der Waals surface area contributed by atoms with E-state index in [9.17, 15) is 4.79 Å². The summed E-state index contributed by atoms with van der Waals surface area (Å²) in [5.41, 5.74) is 10.2. The van der Waals surface area contributed by atoms with Crippen LogP contribution in [0.5, 0.6) is 0 Å². The molecule has 0 atom stereocenters. The predicted molar refractivity (Wildman–Crippen MR) is 68.7 cm³/mol. The lowest BCUT2D eigenvalue weighted by Crippen LogP contribution is -2.37. The van der Waals surface area contributed by atoms with E-state index in [4.69, 9.17) is 30.4 Å². The minimum atomic E-state index is -0.699. The van der Waals surface area contributed by atoms with E-state index in [0.29, 0.717) is 52.1 Å². The summed E-state index contributed by atoms with van der Waals surface area (Å²) in [7, 11) is 0. The molecule has 0 unspecified atom stereocenters. The molecular formula is C12H24N2O5. The summed E-state index contributed by atoms with van der Waals surface area (Å²) >= 11 is 0. The van der Waals surface area contributed by atoms with Gasteiger partial charge >= 0.3 is 6.09 Å². The van der Waals surface area contributed by atoms with E-state index in [1.165, 1.54) is 0 Å². The monoisotopic (exact) mass is 276 g/mol. The molecule has 0 aromatic carbocycles. The van der Waals surface area contributed by atoms with Crippen LogP contribution < -0.4 is 11.5 Å². The Morgan fingerprint density at radius 3 is 2.16 bits per heavy atom. The van der Waals surface area contributed by atoms with Crippen molar-refractivity contribution in [3.63, 3.8) is 0 Å². The second-order valence-corrected chi connectivity index (χ2v) is 4.48. The minimum Gasteiger partial charge on any atom is -0.446 e. The third-order valence-corrected chi connectivity index (χ3v) is 2.84. The van der Waals surface area contributed by atoms with Gasteiger partial charge in [0.15, 0.2) is 0 Å². The molecule has 1 saturated carbocycles. The van der Waals surface area contributed by atoms with Gasteiger partial charge in [-0.15, -0.1) is 0 Å². The number of hydrogen-bond donors (Lipinski definition) is 2. The number of primary amides is 1. The normalized spacial score (nSPS) is 21.9. The van der Waals surface area contributed by atoms with Crippen LogP contribution in [0.2, 0.25) is 0 Å². The minimum absolute atomic E-state index is 0.0259. The van der Waals surface area contributed by atoms with Crippen molar-refractivity contribution in [1.29, 1.82) is 0 Å². The molecule has 0 spiro atoms. The predicted octanol–water partition coefficient (Wildman–Crippen LogP) is -0.131. The number of nitrogens with two attached hydrogens (primary N) is 2. The zero-order valence-electron chi connectivity index (χ0n) is 11.2. The Balaban J connectivity index is 1.76. The average molecular weight is 276 g/mol. The van der Waals surface area contributed by atoms with Crippen LogP contribution >= 0.6 is 0 Å². The van der Waals surface area contributed by atoms with E-state index in [1.807, 2.05) is 0 Å². The molecule has 4 N–H and O–H groups in total. The Kier molecular flexibility index (Phi) is 8.48. The summed E-state index contributed by atoms with van der Waals surface area (Å²) in [6.07, 6.45) is 0.935. The quantitative estimate of drug-likeness (QED) is 0.509. The Morgan fingerprint density at radius 1 is 1.00 bits per heavy atom. The summed E-state index contributed by atoms with van der Waals surface area (Å²) in [5, 5.41) is 0. The van der Waals surface area contributed by atoms with Gasteiger partial charge in [0.2, 0.25) is 0 Å². The van der Waals surface area contributed by atoms with Crippen LogP contribution in [-0.2, 0) is 18.9 Å². The summed E-state index contributed by atoms with van der Waals surface area (Å²) in [4.78, 5) is 10.5. The second-order valence-electron chi connectivity index (χ2n) is 4.48. The zero-order valence-corrected chi connectivity index (χ0v) is 11.2. The van der Waals surface area contributed by atoms with E-state index in [-0.39, 0.29) is 6.10 Å². The highest BCUT2D eigenvalue weighted by molar-refractivity contribution is 5.64. The lowest BCUT2D eigenvalue weighted by atomic mass is 9.83. The van der Waals surface area contributed by atoms with Gasteiger partial charge in [-0.05, 0) is 18.8 Å². The molecule has 0 aromatic heterocycles. The Labute approximate surface area is 113 Å². The van der Waals surface area contributed by atoms with E-state index < -0.39 is 6.09 Å². The number of ether oxygens (including phenoxy) is 4. The lowest BCUT2D eigenvalue weighted by Gasteiger charge is -2.33. The van der Waals surface area contributed by atoms with Gasteiger partial charge in [-0.25, -0.2) is 4.79 Å². The molecule has 19 heavy (non-hydrogen) atoms.